The highest BCUT2D eigenvalue weighted by Gasteiger charge is 2.32. The van der Waals surface area contributed by atoms with Gasteiger partial charge in [-0.2, -0.15) is 0 Å². The van der Waals surface area contributed by atoms with E-state index >= 15 is 0 Å². The normalized spacial score (nSPS) is 28.2. The van der Waals surface area contributed by atoms with Crippen LogP contribution in [0.1, 0.15) is 45.4 Å². The van der Waals surface area contributed by atoms with Gasteiger partial charge in [-0.05, 0) is 32.1 Å². The summed E-state index contributed by atoms with van der Waals surface area (Å²) in [4.78, 5) is 25.3. The Labute approximate surface area is 120 Å². The fourth-order valence-corrected chi connectivity index (χ4v) is 3.14. The molecule has 1 amide bonds. The standard InChI is InChI=1S/C15H25NO4/c1-11(17)16-9-7-12(8-10-16)15(18)20-14-6-4-3-5-13(14)19-2/h12-14H,3-10H2,1-2H3. The summed E-state index contributed by atoms with van der Waals surface area (Å²) < 4.78 is 11.1. The molecule has 20 heavy (non-hydrogen) atoms. The summed E-state index contributed by atoms with van der Waals surface area (Å²) in [6.45, 7) is 2.89. The molecule has 5 nitrogen and oxygen atoms in total. The number of carbonyl (C=O) groups excluding carboxylic acids is 2. The minimum atomic E-state index is -0.109. The Hall–Kier alpha value is -1.10. The van der Waals surface area contributed by atoms with Gasteiger partial charge in [0.2, 0.25) is 5.91 Å². The molecule has 0 bridgehead atoms. The van der Waals surface area contributed by atoms with Crippen molar-refractivity contribution in [2.75, 3.05) is 20.2 Å². The van der Waals surface area contributed by atoms with E-state index in [0.29, 0.717) is 25.9 Å². The summed E-state index contributed by atoms with van der Waals surface area (Å²) in [5.74, 6) is -0.0873. The van der Waals surface area contributed by atoms with Crippen molar-refractivity contribution in [3.63, 3.8) is 0 Å². The molecule has 1 aliphatic heterocycles. The first-order valence-corrected chi connectivity index (χ1v) is 7.60. The number of hydrogen-bond donors (Lipinski definition) is 0. The molecule has 2 atom stereocenters. The van der Waals surface area contributed by atoms with E-state index in [1.807, 2.05) is 0 Å². The fourth-order valence-electron chi connectivity index (χ4n) is 3.14. The molecule has 0 aromatic heterocycles. The lowest BCUT2D eigenvalue weighted by atomic mass is 9.93. The SMILES string of the molecule is COC1CCCCC1OC(=O)C1CCN(C(C)=O)CC1. The third-order valence-electron chi connectivity index (χ3n) is 4.49. The molecule has 2 aliphatic rings. The fraction of sp³-hybridized carbons (Fsp3) is 0.867. The van der Waals surface area contributed by atoms with Crippen molar-refractivity contribution in [2.45, 2.75) is 57.7 Å². The minimum absolute atomic E-state index is 0.0463. The van der Waals surface area contributed by atoms with Gasteiger partial charge in [0.15, 0.2) is 0 Å². The van der Waals surface area contributed by atoms with Crippen molar-refractivity contribution >= 4 is 11.9 Å². The van der Waals surface area contributed by atoms with Gasteiger partial charge < -0.3 is 14.4 Å². The Morgan fingerprint density at radius 2 is 1.60 bits per heavy atom. The average Bonchev–Trinajstić information content (AvgIpc) is 2.48. The summed E-state index contributed by atoms with van der Waals surface area (Å²) in [6.07, 6.45) is 5.49. The van der Waals surface area contributed by atoms with Crippen molar-refractivity contribution in [3.8, 4) is 0 Å². The predicted molar refractivity (Wildman–Crippen MR) is 74.1 cm³/mol. The van der Waals surface area contributed by atoms with Crippen LogP contribution in [-0.4, -0.2) is 49.2 Å². The maximum absolute atomic E-state index is 12.2. The van der Waals surface area contributed by atoms with Crippen molar-refractivity contribution in [3.05, 3.63) is 0 Å². The van der Waals surface area contributed by atoms with E-state index in [0.717, 1.165) is 25.7 Å². The molecule has 1 aliphatic carbocycles. The number of rotatable bonds is 3. The molecule has 0 N–H and O–H groups in total. The first-order valence-electron chi connectivity index (χ1n) is 7.60. The summed E-state index contributed by atoms with van der Waals surface area (Å²) in [7, 11) is 1.68. The second-order valence-corrected chi connectivity index (χ2v) is 5.81. The number of methoxy groups -OCH3 is 1. The third kappa shape index (κ3) is 3.72. The molecule has 1 saturated heterocycles. The topological polar surface area (TPSA) is 55.8 Å². The van der Waals surface area contributed by atoms with Crippen LogP contribution in [0.2, 0.25) is 0 Å². The molecule has 0 aromatic carbocycles. The molecule has 0 spiro atoms. The summed E-state index contributed by atoms with van der Waals surface area (Å²) in [6, 6.07) is 0. The summed E-state index contributed by atoms with van der Waals surface area (Å²) in [5, 5.41) is 0. The average molecular weight is 283 g/mol. The number of esters is 1. The van der Waals surface area contributed by atoms with Crippen LogP contribution in [0.15, 0.2) is 0 Å². The quantitative estimate of drug-likeness (QED) is 0.740. The van der Waals surface area contributed by atoms with E-state index in [1.54, 1.807) is 18.9 Å². The van der Waals surface area contributed by atoms with E-state index in [1.165, 1.54) is 0 Å². The Bertz CT molecular complexity index is 350. The molecular weight excluding hydrogens is 258 g/mol. The Kier molecular flexibility index (Phi) is 5.40. The molecule has 0 radical (unpaired) electrons. The molecular formula is C15H25NO4. The predicted octanol–water partition coefficient (Wildman–Crippen LogP) is 1.75. The number of hydrogen-bond acceptors (Lipinski definition) is 4. The monoisotopic (exact) mass is 283 g/mol. The third-order valence-corrected chi connectivity index (χ3v) is 4.49. The van der Waals surface area contributed by atoms with Gasteiger partial charge in [0.1, 0.15) is 6.10 Å². The van der Waals surface area contributed by atoms with Gasteiger partial charge in [-0.15, -0.1) is 0 Å². The van der Waals surface area contributed by atoms with E-state index in [9.17, 15) is 9.59 Å². The zero-order valence-corrected chi connectivity index (χ0v) is 12.5. The minimum Gasteiger partial charge on any atom is -0.459 e. The zero-order valence-electron chi connectivity index (χ0n) is 12.5. The van der Waals surface area contributed by atoms with Crippen LogP contribution < -0.4 is 0 Å². The lowest BCUT2D eigenvalue weighted by molar-refractivity contribution is -0.166. The Morgan fingerprint density at radius 3 is 2.15 bits per heavy atom. The Balaban J connectivity index is 1.81. The highest BCUT2D eigenvalue weighted by Crippen LogP contribution is 2.26. The molecule has 1 saturated carbocycles. The smallest absolute Gasteiger partial charge is 0.309 e. The molecule has 5 heteroatoms. The second kappa shape index (κ2) is 7.07. The number of nitrogens with zero attached hydrogens (tertiary/aromatic N) is 1. The first-order chi connectivity index (χ1) is 9.61. The molecule has 114 valence electrons. The largest absolute Gasteiger partial charge is 0.459 e. The van der Waals surface area contributed by atoms with Crippen LogP contribution in [0.5, 0.6) is 0 Å². The highest BCUT2D eigenvalue weighted by atomic mass is 16.6. The van der Waals surface area contributed by atoms with Crippen LogP contribution in [0.25, 0.3) is 0 Å². The van der Waals surface area contributed by atoms with E-state index in [4.69, 9.17) is 9.47 Å². The van der Waals surface area contributed by atoms with Crippen LogP contribution >= 0.6 is 0 Å². The van der Waals surface area contributed by atoms with E-state index in [-0.39, 0.29) is 30.0 Å². The van der Waals surface area contributed by atoms with Gasteiger partial charge >= 0.3 is 5.97 Å². The van der Waals surface area contributed by atoms with E-state index < -0.39 is 0 Å². The highest BCUT2D eigenvalue weighted by molar-refractivity contribution is 5.75. The van der Waals surface area contributed by atoms with Crippen molar-refractivity contribution in [1.29, 1.82) is 0 Å². The zero-order chi connectivity index (χ0) is 14.5. The maximum Gasteiger partial charge on any atom is 0.309 e. The number of ether oxygens (including phenoxy) is 2. The van der Waals surface area contributed by atoms with Crippen LogP contribution in [-0.2, 0) is 19.1 Å². The van der Waals surface area contributed by atoms with Crippen molar-refractivity contribution in [2.24, 2.45) is 5.92 Å². The molecule has 0 aromatic rings. The lowest BCUT2D eigenvalue weighted by Crippen LogP contribution is -2.42. The van der Waals surface area contributed by atoms with Crippen LogP contribution in [0, 0.1) is 5.92 Å². The first kappa shape index (κ1) is 15.3. The number of piperidine rings is 1. The molecule has 2 fully saturated rings. The van der Waals surface area contributed by atoms with Gasteiger partial charge in [-0.25, -0.2) is 0 Å². The molecule has 2 rings (SSSR count). The van der Waals surface area contributed by atoms with Gasteiger partial charge in [0.25, 0.3) is 0 Å². The van der Waals surface area contributed by atoms with Crippen LogP contribution in [0.4, 0.5) is 0 Å². The van der Waals surface area contributed by atoms with Gasteiger partial charge in [0, 0.05) is 27.1 Å². The summed E-state index contributed by atoms with van der Waals surface area (Å²) in [5.41, 5.74) is 0. The van der Waals surface area contributed by atoms with E-state index in [2.05, 4.69) is 0 Å². The number of amides is 1. The van der Waals surface area contributed by atoms with Crippen LogP contribution in [0.3, 0.4) is 0 Å². The van der Waals surface area contributed by atoms with Gasteiger partial charge in [0.05, 0.1) is 12.0 Å². The molecule has 2 unspecified atom stereocenters. The van der Waals surface area contributed by atoms with Crippen molar-refractivity contribution < 1.29 is 19.1 Å². The Morgan fingerprint density at radius 1 is 1.00 bits per heavy atom. The second-order valence-electron chi connectivity index (χ2n) is 5.81. The number of carbonyl (C=O) groups is 2. The van der Waals surface area contributed by atoms with Gasteiger partial charge in [-0.3, -0.25) is 9.59 Å². The van der Waals surface area contributed by atoms with Crippen molar-refractivity contribution in [1.82, 2.24) is 4.90 Å². The summed E-state index contributed by atoms with van der Waals surface area (Å²) >= 11 is 0. The number of likely N-dealkylation sites (tertiary alicyclic amines) is 1. The maximum atomic E-state index is 12.2. The molecule has 1 heterocycles. The van der Waals surface area contributed by atoms with Gasteiger partial charge in [-0.1, -0.05) is 6.42 Å². The lowest BCUT2D eigenvalue weighted by Gasteiger charge is -2.33.